The lowest BCUT2D eigenvalue weighted by Gasteiger charge is -2.11. The van der Waals surface area contributed by atoms with Crippen LogP contribution in [0.15, 0.2) is 34.8 Å². The summed E-state index contributed by atoms with van der Waals surface area (Å²) in [5.74, 6) is 1.05. The lowest BCUT2D eigenvalue weighted by atomic mass is 9.99. The number of aryl methyl sites for hydroxylation is 1. The molecule has 0 saturated heterocycles. The number of benzene rings is 2. The zero-order valence-electron chi connectivity index (χ0n) is 10.5. The molecular weight excluding hydrogens is 292 g/mol. The number of hydrogen-bond acceptors (Lipinski definition) is 2. The fraction of sp³-hybridized carbons (Fsp3) is 0.267. The van der Waals surface area contributed by atoms with Crippen LogP contribution in [0, 0.1) is 0 Å². The molecule has 0 aromatic heterocycles. The molecule has 0 aliphatic rings. The molecule has 0 atom stereocenters. The minimum Gasteiger partial charge on any atom is -0.496 e. The Morgan fingerprint density at radius 2 is 2.06 bits per heavy atom. The van der Waals surface area contributed by atoms with Gasteiger partial charge in [0.1, 0.15) is 11.5 Å². The van der Waals surface area contributed by atoms with Crippen molar-refractivity contribution in [2.45, 2.75) is 19.8 Å². The van der Waals surface area contributed by atoms with E-state index in [4.69, 9.17) is 4.74 Å². The van der Waals surface area contributed by atoms with Crippen molar-refractivity contribution in [1.82, 2.24) is 0 Å². The van der Waals surface area contributed by atoms with Crippen LogP contribution < -0.4 is 4.74 Å². The number of Topliss-reactive ketones (excluding diaryl/α,β-unsaturated/α-hetero) is 1. The Kier molecular flexibility index (Phi) is 4.02. The molecule has 0 amide bonds. The van der Waals surface area contributed by atoms with Gasteiger partial charge in [0.2, 0.25) is 0 Å². The summed E-state index contributed by atoms with van der Waals surface area (Å²) in [6.45, 7) is 1.62. The molecule has 94 valence electrons. The van der Waals surface area contributed by atoms with Crippen molar-refractivity contribution in [2.24, 2.45) is 0 Å². The highest BCUT2D eigenvalue weighted by Gasteiger charge is 2.09. The van der Waals surface area contributed by atoms with Crippen molar-refractivity contribution in [3.8, 4) is 5.75 Å². The van der Waals surface area contributed by atoms with Crippen molar-refractivity contribution in [1.29, 1.82) is 0 Å². The highest BCUT2D eigenvalue weighted by Crippen LogP contribution is 2.30. The Morgan fingerprint density at radius 3 is 2.72 bits per heavy atom. The second-order valence-electron chi connectivity index (χ2n) is 4.31. The molecule has 18 heavy (non-hydrogen) atoms. The van der Waals surface area contributed by atoms with Crippen LogP contribution in [0.4, 0.5) is 0 Å². The predicted octanol–water partition coefficient (Wildman–Crippen LogP) is 4.13. The number of ether oxygens (including phenoxy) is 1. The summed E-state index contributed by atoms with van der Waals surface area (Å²) in [4.78, 5) is 11.2. The van der Waals surface area contributed by atoms with E-state index >= 15 is 0 Å². The number of methoxy groups -OCH3 is 1. The molecule has 2 nitrogen and oxygen atoms in total. The molecule has 0 bridgehead atoms. The van der Waals surface area contributed by atoms with E-state index in [0.717, 1.165) is 33.0 Å². The number of ketones is 1. The number of carbonyl (C=O) groups excluding carboxylic acids is 1. The van der Waals surface area contributed by atoms with Crippen LogP contribution >= 0.6 is 15.9 Å². The van der Waals surface area contributed by atoms with E-state index in [0.29, 0.717) is 6.42 Å². The summed E-state index contributed by atoms with van der Waals surface area (Å²) in [5, 5.41) is 2.31. The highest BCUT2D eigenvalue weighted by atomic mass is 79.9. The van der Waals surface area contributed by atoms with E-state index in [2.05, 4.69) is 28.1 Å². The van der Waals surface area contributed by atoms with Gasteiger partial charge in [-0.3, -0.25) is 0 Å². The molecule has 0 saturated carbocycles. The zero-order valence-corrected chi connectivity index (χ0v) is 12.1. The van der Waals surface area contributed by atoms with Gasteiger partial charge in [-0.1, -0.05) is 28.1 Å². The van der Waals surface area contributed by atoms with E-state index in [1.54, 1.807) is 14.0 Å². The van der Waals surface area contributed by atoms with E-state index in [-0.39, 0.29) is 5.78 Å². The van der Waals surface area contributed by atoms with Gasteiger partial charge in [-0.15, -0.1) is 0 Å². The van der Waals surface area contributed by atoms with E-state index in [1.165, 1.54) is 0 Å². The molecular formula is C15H15BrO2. The van der Waals surface area contributed by atoms with Crippen LogP contribution in [0.2, 0.25) is 0 Å². The molecule has 0 N–H and O–H groups in total. The molecule has 2 aromatic rings. The summed E-state index contributed by atoms with van der Waals surface area (Å²) in [5.41, 5.74) is 1.11. The second-order valence-corrected chi connectivity index (χ2v) is 5.23. The standard InChI is InChI=1S/C15H15BrO2/c1-10(17)3-6-14-13-7-5-12(16)9-11(13)4-8-15(14)18-2/h4-5,7-9H,3,6H2,1-2H3. The first kappa shape index (κ1) is 13.1. The summed E-state index contributed by atoms with van der Waals surface area (Å²) in [6, 6.07) is 10.2. The molecule has 0 spiro atoms. The van der Waals surface area contributed by atoms with Gasteiger partial charge in [0.05, 0.1) is 7.11 Å². The van der Waals surface area contributed by atoms with Crippen molar-refractivity contribution >= 4 is 32.5 Å². The van der Waals surface area contributed by atoms with Crippen LogP contribution in [-0.2, 0) is 11.2 Å². The predicted molar refractivity (Wildman–Crippen MR) is 77.2 cm³/mol. The molecule has 0 unspecified atom stereocenters. The third kappa shape index (κ3) is 2.72. The van der Waals surface area contributed by atoms with Crippen LogP contribution in [-0.4, -0.2) is 12.9 Å². The summed E-state index contributed by atoms with van der Waals surface area (Å²) in [7, 11) is 1.66. The molecule has 3 heteroatoms. The second kappa shape index (κ2) is 5.53. The third-order valence-corrected chi connectivity index (χ3v) is 3.49. The first-order valence-electron chi connectivity index (χ1n) is 5.86. The van der Waals surface area contributed by atoms with Crippen molar-refractivity contribution < 1.29 is 9.53 Å². The molecule has 0 fully saturated rings. The van der Waals surface area contributed by atoms with Crippen molar-refractivity contribution in [3.63, 3.8) is 0 Å². The molecule has 2 aromatic carbocycles. The normalized spacial score (nSPS) is 10.6. The largest absolute Gasteiger partial charge is 0.496 e. The van der Waals surface area contributed by atoms with Gasteiger partial charge >= 0.3 is 0 Å². The highest BCUT2D eigenvalue weighted by molar-refractivity contribution is 9.10. The maximum absolute atomic E-state index is 11.2. The van der Waals surface area contributed by atoms with Gasteiger partial charge in [-0.25, -0.2) is 0 Å². The fourth-order valence-electron chi connectivity index (χ4n) is 2.10. The summed E-state index contributed by atoms with van der Waals surface area (Å²) in [6.07, 6.45) is 1.27. The average molecular weight is 307 g/mol. The van der Waals surface area contributed by atoms with Crippen molar-refractivity contribution in [3.05, 3.63) is 40.4 Å². The van der Waals surface area contributed by atoms with Crippen LogP contribution in [0.3, 0.4) is 0 Å². The Labute approximate surface area is 115 Å². The minimum absolute atomic E-state index is 0.200. The van der Waals surface area contributed by atoms with Crippen LogP contribution in [0.1, 0.15) is 18.9 Å². The number of fused-ring (bicyclic) bond motifs is 1. The average Bonchev–Trinajstić information content (AvgIpc) is 2.35. The van der Waals surface area contributed by atoms with E-state index in [1.807, 2.05) is 18.2 Å². The Hall–Kier alpha value is -1.35. The number of rotatable bonds is 4. The molecule has 0 radical (unpaired) electrons. The Bertz CT molecular complexity index is 590. The minimum atomic E-state index is 0.200. The first-order chi connectivity index (χ1) is 8.61. The molecule has 0 aliphatic carbocycles. The Balaban J connectivity index is 2.54. The first-order valence-corrected chi connectivity index (χ1v) is 6.65. The van der Waals surface area contributed by atoms with Crippen LogP contribution in [0.25, 0.3) is 10.8 Å². The monoisotopic (exact) mass is 306 g/mol. The van der Waals surface area contributed by atoms with Gasteiger partial charge in [0.15, 0.2) is 0 Å². The molecule has 2 rings (SSSR count). The molecule has 0 heterocycles. The van der Waals surface area contributed by atoms with Gasteiger partial charge in [-0.2, -0.15) is 0 Å². The maximum Gasteiger partial charge on any atom is 0.130 e. The summed E-state index contributed by atoms with van der Waals surface area (Å²) >= 11 is 3.47. The smallest absolute Gasteiger partial charge is 0.130 e. The zero-order chi connectivity index (χ0) is 13.1. The quantitative estimate of drug-likeness (QED) is 0.849. The van der Waals surface area contributed by atoms with Gasteiger partial charge in [0, 0.05) is 16.5 Å². The topological polar surface area (TPSA) is 26.3 Å². The lowest BCUT2D eigenvalue weighted by Crippen LogP contribution is -1.98. The van der Waals surface area contributed by atoms with Gasteiger partial charge < -0.3 is 9.53 Å². The number of halogens is 1. The number of carbonyl (C=O) groups is 1. The van der Waals surface area contributed by atoms with E-state index < -0.39 is 0 Å². The van der Waals surface area contributed by atoms with Gasteiger partial charge in [-0.05, 0) is 42.3 Å². The number of hydrogen-bond donors (Lipinski definition) is 0. The third-order valence-electron chi connectivity index (χ3n) is 3.00. The lowest BCUT2D eigenvalue weighted by molar-refractivity contribution is -0.116. The van der Waals surface area contributed by atoms with E-state index in [9.17, 15) is 4.79 Å². The fourth-order valence-corrected chi connectivity index (χ4v) is 2.47. The van der Waals surface area contributed by atoms with Crippen LogP contribution in [0.5, 0.6) is 5.75 Å². The maximum atomic E-state index is 11.2. The molecule has 0 aliphatic heterocycles. The van der Waals surface area contributed by atoms with Gasteiger partial charge in [0.25, 0.3) is 0 Å². The SMILES string of the molecule is COc1ccc2cc(Br)ccc2c1CCC(C)=O. The Morgan fingerprint density at radius 1 is 1.28 bits per heavy atom. The van der Waals surface area contributed by atoms with Crippen molar-refractivity contribution in [2.75, 3.05) is 7.11 Å². The summed E-state index contributed by atoms with van der Waals surface area (Å²) < 4.78 is 6.45.